The summed E-state index contributed by atoms with van der Waals surface area (Å²) in [6, 6.07) is 62.9. The molecule has 0 unspecified atom stereocenters. The minimum Gasteiger partial charge on any atom is -0.309 e. The third-order valence-electron chi connectivity index (χ3n) is 11.0. The van der Waals surface area contributed by atoms with E-state index in [2.05, 4.69) is 190 Å². The Kier molecular flexibility index (Phi) is 5.71. The van der Waals surface area contributed by atoms with E-state index in [4.69, 9.17) is 9.97 Å². The predicted octanol–water partition coefficient (Wildman–Crippen LogP) is 12.4. The Morgan fingerprint density at radius 3 is 1.81 bits per heavy atom. The molecule has 5 nitrogen and oxygen atoms in total. The summed E-state index contributed by atoms with van der Waals surface area (Å²) in [5, 5.41) is 8.29. The van der Waals surface area contributed by atoms with Crippen LogP contribution >= 0.6 is 0 Å². The average molecular weight is 676 g/mol. The molecule has 0 radical (unpaired) electrons. The van der Waals surface area contributed by atoms with Gasteiger partial charge in [0.2, 0.25) is 5.95 Å². The van der Waals surface area contributed by atoms with Gasteiger partial charge in [-0.3, -0.25) is 4.57 Å². The van der Waals surface area contributed by atoms with Gasteiger partial charge in [0.1, 0.15) is 0 Å². The third kappa shape index (κ3) is 3.91. The van der Waals surface area contributed by atoms with Crippen LogP contribution in [0.4, 0.5) is 17.1 Å². The summed E-state index contributed by atoms with van der Waals surface area (Å²) in [4.78, 5) is 13.2. The van der Waals surface area contributed by atoms with Gasteiger partial charge in [0, 0.05) is 38.2 Å². The zero-order chi connectivity index (χ0) is 34.6. The van der Waals surface area contributed by atoms with Crippen LogP contribution in [-0.2, 0) is 0 Å². The van der Waals surface area contributed by atoms with Gasteiger partial charge in [-0.25, -0.2) is 9.97 Å². The van der Waals surface area contributed by atoms with Crippen LogP contribution in [0.5, 0.6) is 0 Å². The summed E-state index contributed by atoms with van der Waals surface area (Å²) in [6.45, 7) is 0. The maximum atomic E-state index is 5.51. The second-order valence-corrected chi connectivity index (χ2v) is 13.8. The van der Waals surface area contributed by atoms with E-state index in [0.29, 0.717) is 5.95 Å². The highest BCUT2D eigenvalue weighted by molar-refractivity contribution is 6.20. The molecule has 8 aromatic carbocycles. The molecule has 0 fully saturated rings. The second kappa shape index (κ2) is 10.6. The molecule has 246 valence electrons. The predicted molar refractivity (Wildman–Crippen MR) is 219 cm³/mol. The van der Waals surface area contributed by atoms with Crippen LogP contribution in [0.2, 0.25) is 0 Å². The number of benzene rings is 8. The molecule has 5 heteroatoms. The number of aromatic nitrogens is 4. The lowest BCUT2D eigenvalue weighted by atomic mass is 9.96. The van der Waals surface area contributed by atoms with Crippen LogP contribution in [0.3, 0.4) is 0 Å². The van der Waals surface area contributed by atoms with E-state index in [1.807, 2.05) is 0 Å². The van der Waals surface area contributed by atoms with Crippen molar-refractivity contribution in [3.63, 3.8) is 0 Å². The molecule has 0 bridgehead atoms. The van der Waals surface area contributed by atoms with Crippen LogP contribution in [-0.4, -0.2) is 19.1 Å². The van der Waals surface area contributed by atoms with Gasteiger partial charge in [0.15, 0.2) is 0 Å². The maximum absolute atomic E-state index is 5.51. The number of hydrogen-bond acceptors (Lipinski definition) is 3. The Labute approximate surface area is 304 Å². The summed E-state index contributed by atoms with van der Waals surface area (Å²) in [5.74, 6) is 0.658. The lowest BCUT2D eigenvalue weighted by Gasteiger charge is -2.32. The summed E-state index contributed by atoms with van der Waals surface area (Å²) >= 11 is 0. The molecular formula is C48H29N5. The van der Waals surface area contributed by atoms with Gasteiger partial charge in [0.25, 0.3) is 0 Å². The number of para-hydroxylation sites is 4. The smallest absolute Gasteiger partial charge is 0.235 e. The fraction of sp³-hybridized carbons (Fsp3) is 0. The molecule has 0 N–H and O–H groups in total. The minimum atomic E-state index is 0.658. The summed E-state index contributed by atoms with van der Waals surface area (Å²) in [5.41, 5.74) is 11.9. The van der Waals surface area contributed by atoms with Crippen molar-refractivity contribution in [3.05, 3.63) is 176 Å². The zero-order valence-corrected chi connectivity index (χ0v) is 28.5. The molecule has 0 amide bonds. The standard InChI is InChI=1S/C48H29N5/c1-2-16-31(17-3-1)51-42-25-11-8-21-35(42)47-46-38(22-13-27-43(46)51)49-48(50-47)53-41-24-10-7-20-34(41)37-28-36-33-19-6-9-23-40(33)52(44(36)29-45(37)53)39-26-12-15-30-14-4-5-18-32(30)39/h1-29H. The lowest BCUT2D eigenvalue weighted by molar-refractivity contribution is 1.01. The molecular weight excluding hydrogens is 647 g/mol. The van der Waals surface area contributed by atoms with Gasteiger partial charge in [-0.1, -0.05) is 115 Å². The molecule has 1 aliphatic rings. The first-order valence-corrected chi connectivity index (χ1v) is 18.0. The molecule has 12 rings (SSSR count). The molecule has 1 aliphatic heterocycles. The molecule has 0 saturated heterocycles. The number of anilines is 3. The summed E-state index contributed by atoms with van der Waals surface area (Å²) in [7, 11) is 0. The minimum absolute atomic E-state index is 0.658. The summed E-state index contributed by atoms with van der Waals surface area (Å²) in [6.07, 6.45) is 0. The van der Waals surface area contributed by atoms with Crippen LogP contribution in [0.15, 0.2) is 176 Å². The van der Waals surface area contributed by atoms with Crippen molar-refractivity contribution in [2.75, 3.05) is 4.90 Å². The van der Waals surface area contributed by atoms with E-state index in [1.165, 1.54) is 37.8 Å². The van der Waals surface area contributed by atoms with Gasteiger partial charge < -0.3 is 9.47 Å². The SMILES string of the molecule is c1ccc(N2c3ccccc3-c3nc(-n4c5ccccc5c5cc6c7ccccc7n(-c7cccc8ccccc78)c6cc54)nc4cccc2c34)cc1. The van der Waals surface area contributed by atoms with Gasteiger partial charge in [0.05, 0.1) is 55.7 Å². The number of rotatable bonds is 3. The van der Waals surface area contributed by atoms with E-state index >= 15 is 0 Å². The largest absolute Gasteiger partial charge is 0.309 e. The fourth-order valence-electron chi connectivity index (χ4n) is 8.80. The molecule has 0 saturated carbocycles. The Bertz CT molecular complexity index is 3290. The lowest BCUT2D eigenvalue weighted by Crippen LogP contribution is -2.16. The highest BCUT2D eigenvalue weighted by atomic mass is 15.2. The van der Waals surface area contributed by atoms with Crippen molar-refractivity contribution in [1.29, 1.82) is 0 Å². The van der Waals surface area contributed by atoms with Crippen molar-refractivity contribution >= 4 is 82.3 Å². The molecule has 4 heterocycles. The van der Waals surface area contributed by atoms with Gasteiger partial charge in [-0.15, -0.1) is 0 Å². The van der Waals surface area contributed by atoms with E-state index in [9.17, 15) is 0 Å². The third-order valence-corrected chi connectivity index (χ3v) is 11.0. The van der Waals surface area contributed by atoms with Crippen molar-refractivity contribution < 1.29 is 0 Å². The van der Waals surface area contributed by atoms with Gasteiger partial charge in [-0.05, 0) is 66.0 Å². The first kappa shape index (κ1) is 28.5. The second-order valence-electron chi connectivity index (χ2n) is 13.8. The highest BCUT2D eigenvalue weighted by Gasteiger charge is 2.29. The van der Waals surface area contributed by atoms with E-state index in [-0.39, 0.29) is 0 Å². The van der Waals surface area contributed by atoms with Crippen molar-refractivity contribution in [2.45, 2.75) is 0 Å². The first-order valence-electron chi connectivity index (χ1n) is 18.0. The molecule has 0 spiro atoms. The van der Waals surface area contributed by atoms with E-state index in [1.54, 1.807) is 0 Å². The average Bonchev–Trinajstić information content (AvgIpc) is 3.72. The Hall–Kier alpha value is -7.24. The molecule has 11 aromatic rings. The first-order chi connectivity index (χ1) is 26.3. The normalized spacial score (nSPS) is 12.5. The quantitative estimate of drug-likeness (QED) is 0.187. The van der Waals surface area contributed by atoms with Crippen LogP contribution in [0.25, 0.3) is 88.2 Å². The van der Waals surface area contributed by atoms with Crippen LogP contribution in [0, 0.1) is 0 Å². The highest BCUT2D eigenvalue weighted by Crippen LogP contribution is 2.50. The van der Waals surface area contributed by atoms with Crippen LogP contribution in [0.1, 0.15) is 0 Å². The summed E-state index contributed by atoms with van der Waals surface area (Å²) < 4.78 is 4.70. The number of nitrogens with zero attached hydrogens (tertiary/aromatic N) is 5. The Morgan fingerprint density at radius 1 is 0.377 bits per heavy atom. The molecule has 0 aliphatic carbocycles. The van der Waals surface area contributed by atoms with Crippen molar-refractivity contribution in [2.24, 2.45) is 0 Å². The maximum Gasteiger partial charge on any atom is 0.235 e. The number of hydrogen-bond donors (Lipinski definition) is 0. The van der Waals surface area contributed by atoms with Gasteiger partial charge >= 0.3 is 0 Å². The number of fused-ring (bicyclic) bond motifs is 9. The fourth-order valence-corrected chi connectivity index (χ4v) is 8.80. The molecule has 3 aromatic heterocycles. The Balaban J connectivity index is 1.19. The van der Waals surface area contributed by atoms with Crippen molar-refractivity contribution in [3.8, 4) is 22.9 Å². The van der Waals surface area contributed by atoms with E-state index in [0.717, 1.165) is 61.5 Å². The molecule has 0 atom stereocenters. The molecule has 53 heavy (non-hydrogen) atoms. The topological polar surface area (TPSA) is 38.9 Å². The van der Waals surface area contributed by atoms with E-state index < -0.39 is 0 Å². The Morgan fingerprint density at radius 2 is 0.981 bits per heavy atom. The monoisotopic (exact) mass is 675 g/mol. The zero-order valence-electron chi connectivity index (χ0n) is 28.5. The van der Waals surface area contributed by atoms with Crippen molar-refractivity contribution in [1.82, 2.24) is 19.1 Å². The van der Waals surface area contributed by atoms with Crippen LogP contribution < -0.4 is 4.90 Å². The van der Waals surface area contributed by atoms with Gasteiger partial charge in [-0.2, -0.15) is 0 Å².